The molecule has 1 fully saturated rings. The molecule has 122 valence electrons. The number of carbonyl (C=O) groups is 1. The first kappa shape index (κ1) is 16.9. The summed E-state index contributed by atoms with van der Waals surface area (Å²) < 4.78 is 26.8. The lowest BCUT2D eigenvalue weighted by atomic mass is 10.0. The maximum atomic E-state index is 12.1. The molecule has 1 saturated carbocycles. The third-order valence-corrected chi connectivity index (χ3v) is 5.33. The molecule has 0 aliphatic heterocycles. The third-order valence-electron chi connectivity index (χ3n) is 3.89. The first-order valence-electron chi connectivity index (χ1n) is 7.46. The molecule has 0 spiro atoms. The molecule has 0 saturated heterocycles. The highest BCUT2D eigenvalue weighted by atomic mass is 32.2. The molecule has 0 bridgehead atoms. The van der Waals surface area contributed by atoms with Crippen LogP contribution in [-0.4, -0.2) is 26.9 Å². The highest BCUT2D eigenvalue weighted by Gasteiger charge is 2.24. The summed E-state index contributed by atoms with van der Waals surface area (Å²) in [5.74, 6) is -0.0193. The van der Waals surface area contributed by atoms with Crippen LogP contribution in [0.25, 0.3) is 0 Å². The molecule has 2 rings (SSSR count). The minimum atomic E-state index is -3.47. The number of nitrogens with one attached hydrogen (secondary N) is 2. The predicted molar refractivity (Wildman–Crippen MR) is 85.8 cm³/mol. The minimum Gasteiger partial charge on any atom is -0.327 e. The van der Waals surface area contributed by atoms with E-state index in [4.69, 9.17) is 5.73 Å². The Bertz CT molecular complexity index is 622. The van der Waals surface area contributed by atoms with Crippen molar-refractivity contribution in [3.63, 3.8) is 0 Å². The number of hydrogen-bond donors (Lipinski definition) is 3. The number of hydrogen-bond acceptors (Lipinski definition) is 4. The monoisotopic (exact) mass is 325 g/mol. The van der Waals surface area contributed by atoms with Gasteiger partial charge in [-0.1, -0.05) is 6.92 Å². The van der Waals surface area contributed by atoms with Gasteiger partial charge in [-0.05, 0) is 49.9 Å². The number of sulfonamides is 1. The summed E-state index contributed by atoms with van der Waals surface area (Å²) in [6.45, 7) is 4.01. The number of amides is 1. The first-order chi connectivity index (χ1) is 10.3. The van der Waals surface area contributed by atoms with E-state index in [0.29, 0.717) is 18.2 Å². The van der Waals surface area contributed by atoms with Crippen LogP contribution >= 0.6 is 0 Å². The van der Waals surface area contributed by atoms with Gasteiger partial charge in [-0.2, -0.15) is 0 Å². The van der Waals surface area contributed by atoms with Gasteiger partial charge in [-0.15, -0.1) is 0 Å². The lowest BCUT2D eigenvalue weighted by Crippen LogP contribution is -2.34. The van der Waals surface area contributed by atoms with Crippen molar-refractivity contribution in [1.82, 2.24) is 4.72 Å². The molecule has 1 aliphatic carbocycles. The average molecular weight is 325 g/mol. The molecule has 1 aromatic carbocycles. The van der Waals surface area contributed by atoms with E-state index in [-0.39, 0.29) is 22.8 Å². The summed E-state index contributed by atoms with van der Waals surface area (Å²) in [5.41, 5.74) is 6.24. The Labute approximate surface area is 131 Å². The van der Waals surface area contributed by atoms with Crippen molar-refractivity contribution in [2.45, 2.75) is 37.6 Å². The van der Waals surface area contributed by atoms with Crippen LogP contribution in [0.4, 0.5) is 5.69 Å². The van der Waals surface area contributed by atoms with Crippen LogP contribution in [-0.2, 0) is 14.8 Å². The van der Waals surface area contributed by atoms with Gasteiger partial charge in [0, 0.05) is 18.3 Å². The molecular weight excluding hydrogens is 302 g/mol. The van der Waals surface area contributed by atoms with E-state index in [2.05, 4.69) is 10.0 Å². The van der Waals surface area contributed by atoms with Crippen molar-refractivity contribution in [2.75, 3.05) is 11.9 Å². The number of rotatable bonds is 7. The van der Waals surface area contributed by atoms with E-state index in [0.717, 1.165) is 12.8 Å². The molecule has 1 amide bonds. The zero-order chi connectivity index (χ0) is 16.3. The smallest absolute Gasteiger partial charge is 0.240 e. The SMILES string of the molecule is CC(N)C(C)C(=O)Nc1ccc(S(=O)(=O)NCC2CC2)cc1. The zero-order valence-corrected chi connectivity index (χ0v) is 13.7. The van der Waals surface area contributed by atoms with E-state index in [1.807, 2.05) is 0 Å². The Kier molecular flexibility index (Phi) is 5.20. The Hall–Kier alpha value is -1.44. The van der Waals surface area contributed by atoms with Gasteiger partial charge >= 0.3 is 0 Å². The zero-order valence-electron chi connectivity index (χ0n) is 12.9. The fourth-order valence-corrected chi connectivity index (χ4v) is 2.96. The van der Waals surface area contributed by atoms with Crippen LogP contribution in [0, 0.1) is 11.8 Å². The molecule has 1 aliphatic rings. The second-order valence-electron chi connectivity index (χ2n) is 5.96. The summed E-state index contributed by atoms with van der Waals surface area (Å²) in [7, 11) is -3.47. The summed E-state index contributed by atoms with van der Waals surface area (Å²) >= 11 is 0. The van der Waals surface area contributed by atoms with Gasteiger partial charge in [0.15, 0.2) is 0 Å². The van der Waals surface area contributed by atoms with Gasteiger partial charge in [0.1, 0.15) is 0 Å². The number of nitrogens with two attached hydrogens (primary N) is 1. The van der Waals surface area contributed by atoms with E-state index >= 15 is 0 Å². The van der Waals surface area contributed by atoms with Crippen LogP contribution < -0.4 is 15.8 Å². The lowest BCUT2D eigenvalue weighted by molar-refractivity contribution is -0.119. The average Bonchev–Trinajstić information content (AvgIpc) is 3.29. The second kappa shape index (κ2) is 6.76. The molecule has 6 nitrogen and oxygen atoms in total. The molecule has 7 heteroatoms. The van der Waals surface area contributed by atoms with Crippen LogP contribution in [0.5, 0.6) is 0 Å². The highest BCUT2D eigenvalue weighted by Crippen LogP contribution is 2.28. The van der Waals surface area contributed by atoms with E-state index < -0.39 is 10.0 Å². The van der Waals surface area contributed by atoms with Crippen molar-refractivity contribution in [2.24, 2.45) is 17.6 Å². The molecule has 0 radical (unpaired) electrons. The fourth-order valence-electron chi connectivity index (χ4n) is 1.85. The molecule has 0 heterocycles. The standard InChI is InChI=1S/C15H23N3O3S/c1-10(11(2)16)15(19)18-13-5-7-14(8-6-13)22(20,21)17-9-12-3-4-12/h5-8,10-12,17H,3-4,9,16H2,1-2H3,(H,18,19). The molecule has 4 N–H and O–H groups in total. The molecular formula is C15H23N3O3S. The van der Waals surface area contributed by atoms with Gasteiger partial charge in [0.25, 0.3) is 0 Å². The molecule has 22 heavy (non-hydrogen) atoms. The minimum absolute atomic E-state index is 0.183. The normalized spacial score (nSPS) is 17.8. The Morgan fingerprint density at radius 2 is 1.86 bits per heavy atom. The van der Waals surface area contributed by atoms with E-state index in [9.17, 15) is 13.2 Å². The molecule has 1 aromatic rings. The summed E-state index contributed by atoms with van der Waals surface area (Å²) in [5, 5.41) is 2.73. The lowest BCUT2D eigenvalue weighted by Gasteiger charge is -2.15. The summed E-state index contributed by atoms with van der Waals surface area (Å²) in [4.78, 5) is 12.1. The van der Waals surface area contributed by atoms with Crippen LogP contribution in [0.1, 0.15) is 26.7 Å². The maximum Gasteiger partial charge on any atom is 0.240 e. The Morgan fingerprint density at radius 1 is 1.27 bits per heavy atom. The fraction of sp³-hybridized carbons (Fsp3) is 0.533. The van der Waals surface area contributed by atoms with Crippen LogP contribution in [0.3, 0.4) is 0 Å². The molecule has 0 aromatic heterocycles. The quantitative estimate of drug-likeness (QED) is 0.703. The van der Waals surface area contributed by atoms with Crippen LogP contribution in [0.15, 0.2) is 29.2 Å². The van der Waals surface area contributed by atoms with Crippen molar-refractivity contribution < 1.29 is 13.2 Å². The maximum absolute atomic E-state index is 12.1. The van der Waals surface area contributed by atoms with Gasteiger partial charge in [-0.25, -0.2) is 13.1 Å². The van der Waals surface area contributed by atoms with Gasteiger partial charge < -0.3 is 11.1 Å². The van der Waals surface area contributed by atoms with E-state index in [1.54, 1.807) is 26.0 Å². The van der Waals surface area contributed by atoms with Gasteiger partial charge in [0.05, 0.1) is 10.8 Å². The van der Waals surface area contributed by atoms with Gasteiger partial charge in [0.2, 0.25) is 15.9 Å². The van der Waals surface area contributed by atoms with Crippen molar-refractivity contribution >= 4 is 21.6 Å². The van der Waals surface area contributed by atoms with E-state index in [1.165, 1.54) is 12.1 Å². The Balaban J connectivity index is 1.98. The highest BCUT2D eigenvalue weighted by molar-refractivity contribution is 7.89. The summed E-state index contributed by atoms with van der Waals surface area (Å²) in [6.07, 6.45) is 2.18. The third kappa shape index (κ3) is 4.53. The number of carbonyl (C=O) groups excluding carboxylic acids is 1. The predicted octanol–water partition coefficient (Wildman–Crippen LogP) is 1.30. The second-order valence-corrected chi connectivity index (χ2v) is 7.72. The molecule has 2 unspecified atom stereocenters. The van der Waals surface area contributed by atoms with Crippen LogP contribution in [0.2, 0.25) is 0 Å². The summed E-state index contributed by atoms with van der Waals surface area (Å²) in [6, 6.07) is 5.89. The molecule has 2 atom stereocenters. The van der Waals surface area contributed by atoms with Crippen molar-refractivity contribution in [3.05, 3.63) is 24.3 Å². The van der Waals surface area contributed by atoms with Crippen molar-refractivity contribution in [1.29, 1.82) is 0 Å². The number of anilines is 1. The largest absolute Gasteiger partial charge is 0.327 e. The topological polar surface area (TPSA) is 101 Å². The van der Waals surface area contributed by atoms with Crippen molar-refractivity contribution in [3.8, 4) is 0 Å². The first-order valence-corrected chi connectivity index (χ1v) is 8.94. The van der Waals surface area contributed by atoms with Gasteiger partial charge in [-0.3, -0.25) is 4.79 Å². The Morgan fingerprint density at radius 3 is 2.36 bits per heavy atom. The number of benzene rings is 1.